The van der Waals surface area contributed by atoms with Gasteiger partial charge in [0.25, 0.3) is 5.91 Å². The molecule has 1 amide bonds. The fraction of sp³-hybridized carbons (Fsp3) is 0.222. The summed E-state index contributed by atoms with van der Waals surface area (Å²) in [5, 5.41) is 2.43. The van der Waals surface area contributed by atoms with Gasteiger partial charge in [-0.15, -0.1) is 0 Å². The molecule has 156 valence electrons. The van der Waals surface area contributed by atoms with Gasteiger partial charge in [-0.25, -0.2) is 17.9 Å². The van der Waals surface area contributed by atoms with Crippen molar-refractivity contribution in [2.45, 2.75) is 18.4 Å². The van der Waals surface area contributed by atoms with Crippen molar-refractivity contribution >= 4 is 27.6 Å². The molecule has 0 spiro atoms. The zero-order valence-electron chi connectivity index (χ0n) is 15.2. The summed E-state index contributed by atoms with van der Waals surface area (Å²) in [6.45, 7) is -1.68. The summed E-state index contributed by atoms with van der Waals surface area (Å²) in [4.78, 5) is 23.8. The smallest absolute Gasteiger partial charge is 0.387 e. The van der Waals surface area contributed by atoms with E-state index in [9.17, 15) is 26.8 Å². The summed E-state index contributed by atoms with van der Waals surface area (Å²) in [7, 11) is -3.64. The third kappa shape index (κ3) is 6.80. The minimum Gasteiger partial charge on any atom is -0.452 e. The number of amides is 1. The molecule has 0 saturated carbocycles. The van der Waals surface area contributed by atoms with E-state index in [1.165, 1.54) is 48.5 Å². The molecular weight excluding hydrogens is 410 g/mol. The number of nitrogens with one attached hydrogen (secondary N) is 2. The molecule has 0 fully saturated rings. The van der Waals surface area contributed by atoms with Gasteiger partial charge in [-0.3, -0.25) is 4.79 Å². The Kier molecular flexibility index (Phi) is 7.62. The first-order chi connectivity index (χ1) is 13.7. The Morgan fingerprint density at radius 1 is 1.03 bits per heavy atom. The Balaban J connectivity index is 1.87. The molecule has 11 heteroatoms. The molecule has 0 heterocycles. The topological polar surface area (TPSA) is 111 Å². The Bertz CT molecular complexity index is 947. The fourth-order valence-electron chi connectivity index (χ4n) is 2.17. The van der Waals surface area contributed by atoms with Crippen LogP contribution < -0.4 is 14.8 Å². The third-order valence-corrected chi connectivity index (χ3v) is 4.99. The molecule has 0 aliphatic rings. The highest BCUT2D eigenvalue weighted by molar-refractivity contribution is 7.89. The van der Waals surface area contributed by atoms with E-state index < -0.39 is 35.1 Å². The van der Waals surface area contributed by atoms with Gasteiger partial charge in [-0.1, -0.05) is 6.92 Å². The molecule has 0 aliphatic heterocycles. The lowest BCUT2D eigenvalue weighted by atomic mass is 10.2. The lowest BCUT2D eigenvalue weighted by Crippen LogP contribution is -2.23. The van der Waals surface area contributed by atoms with Gasteiger partial charge in [0.15, 0.2) is 6.61 Å². The van der Waals surface area contributed by atoms with E-state index in [0.29, 0.717) is 5.69 Å². The molecule has 8 nitrogen and oxygen atoms in total. The van der Waals surface area contributed by atoms with Crippen LogP contribution in [-0.2, 0) is 19.6 Å². The molecule has 0 aliphatic carbocycles. The summed E-state index contributed by atoms with van der Waals surface area (Å²) in [5.74, 6) is -1.52. The maximum atomic E-state index is 12.1. The maximum absolute atomic E-state index is 12.1. The molecule has 0 aromatic heterocycles. The van der Waals surface area contributed by atoms with E-state index in [2.05, 4.69) is 14.8 Å². The molecule has 0 atom stereocenters. The molecular formula is C18H18F2N2O6S. The van der Waals surface area contributed by atoms with E-state index >= 15 is 0 Å². The number of sulfonamides is 1. The Morgan fingerprint density at radius 2 is 1.66 bits per heavy atom. The number of esters is 1. The molecule has 2 rings (SSSR count). The van der Waals surface area contributed by atoms with Crippen molar-refractivity contribution in [2.24, 2.45) is 0 Å². The highest BCUT2D eigenvalue weighted by Gasteiger charge is 2.15. The molecule has 0 unspecified atom stereocenters. The molecule has 29 heavy (non-hydrogen) atoms. The van der Waals surface area contributed by atoms with E-state index in [-0.39, 0.29) is 22.8 Å². The third-order valence-electron chi connectivity index (χ3n) is 3.43. The molecule has 0 saturated heterocycles. The van der Waals surface area contributed by atoms with E-state index in [0.717, 1.165) is 0 Å². The zero-order chi connectivity index (χ0) is 21.4. The lowest BCUT2D eigenvalue weighted by molar-refractivity contribution is -0.119. The second-order valence-electron chi connectivity index (χ2n) is 5.55. The van der Waals surface area contributed by atoms with Crippen molar-refractivity contribution < 1.29 is 36.3 Å². The number of rotatable bonds is 9. The number of ether oxygens (including phenoxy) is 2. The van der Waals surface area contributed by atoms with Crippen LogP contribution in [0.1, 0.15) is 17.3 Å². The minimum absolute atomic E-state index is 0.00656. The number of carbonyl (C=O) groups excluding carboxylic acids is 2. The highest BCUT2D eigenvalue weighted by Crippen LogP contribution is 2.17. The lowest BCUT2D eigenvalue weighted by Gasteiger charge is -2.09. The average Bonchev–Trinajstić information content (AvgIpc) is 2.67. The Hall–Kier alpha value is -3.05. The van der Waals surface area contributed by atoms with Crippen molar-refractivity contribution in [3.8, 4) is 5.75 Å². The summed E-state index contributed by atoms with van der Waals surface area (Å²) in [6, 6.07) is 10.2. The minimum atomic E-state index is -3.64. The standard InChI is InChI=1S/C18H18F2N2O6S/c1-2-21-29(25,26)15-9-3-12(4-10-15)17(24)27-11-16(23)22-13-5-7-14(8-6-13)28-18(19)20/h3-10,18,21H,2,11H2,1H3,(H,22,23). The normalized spacial score (nSPS) is 11.2. The van der Waals surface area contributed by atoms with Crippen LogP contribution in [0.2, 0.25) is 0 Å². The van der Waals surface area contributed by atoms with Gasteiger partial charge in [-0.05, 0) is 48.5 Å². The number of benzene rings is 2. The molecule has 2 aromatic rings. The number of alkyl halides is 2. The van der Waals surface area contributed by atoms with Crippen molar-refractivity contribution in [3.05, 3.63) is 54.1 Å². The first-order valence-electron chi connectivity index (χ1n) is 8.33. The first kappa shape index (κ1) is 22.2. The van der Waals surface area contributed by atoms with Crippen LogP contribution in [0.15, 0.2) is 53.4 Å². The van der Waals surface area contributed by atoms with Gasteiger partial charge in [0.1, 0.15) is 5.75 Å². The van der Waals surface area contributed by atoms with Crippen molar-refractivity contribution in [2.75, 3.05) is 18.5 Å². The quantitative estimate of drug-likeness (QED) is 0.594. The van der Waals surface area contributed by atoms with Gasteiger partial charge < -0.3 is 14.8 Å². The van der Waals surface area contributed by atoms with Crippen LogP contribution in [0.4, 0.5) is 14.5 Å². The molecule has 2 N–H and O–H groups in total. The van der Waals surface area contributed by atoms with Crippen LogP contribution in [0.3, 0.4) is 0 Å². The van der Waals surface area contributed by atoms with Gasteiger partial charge in [-0.2, -0.15) is 8.78 Å². The van der Waals surface area contributed by atoms with Gasteiger partial charge in [0.2, 0.25) is 10.0 Å². The number of hydrogen-bond donors (Lipinski definition) is 2. The summed E-state index contributed by atoms with van der Waals surface area (Å²) < 4.78 is 59.3. The maximum Gasteiger partial charge on any atom is 0.387 e. The molecule has 0 radical (unpaired) electrons. The summed E-state index contributed by atoms with van der Waals surface area (Å²) in [6.07, 6.45) is 0. The number of anilines is 1. The van der Waals surface area contributed by atoms with Crippen LogP contribution in [0.25, 0.3) is 0 Å². The number of halogens is 2. The van der Waals surface area contributed by atoms with Gasteiger partial charge in [0.05, 0.1) is 10.5 Å². The second-order valence-corrected chi connectivity index (χ2v) is 7.32. The van der Waals surface area contributed by atoms with Gasteiger partial charge in [0, 0.05) is 12.2 Å². The van der Waals surface area contributed by atoms with Crippen molar-refractivity contribution in [1.29, 1.82) is 0 Å². The van der Waals surface area contributed by atoms with Crippen molar-refractivity contribution in [1.82, 2.24) is 4.72 Å². The molecule has 0 bridgehead atoms. The van der Waals surface area contributed by atoms with E-state index in [1.807, 2.05) is 0 Å². The monoisotopic (exact) mass is 428 g/mol. The van der Waals surface area contributed by atoms with E-state index in [1.54, 1.807) is 6.92 Å². The number of carbonyl (C=O) groups is 2. The van der Waals surface area contributed by atoms with E-state index in [4.69, 9.17) is 4.74 Å². The van der Waals surface area contributed by atoms with Crippen LogP contribution in [0.5, 0.6) is 5.75 Å². The Labute approximate surface area is 165 Å². The zero-order valence-corrected chi connectivity index (χ0v) is 16.0. The Morgan fingerprint density at radius 3 is 2.21 bits per heavy atom. The number of hydrogen-bond acceptors (Lipinski definition) is 6. The largest absolute Gasteiger partial charge is 0.452 e. The van der Waals surface area contributed by atoms with Crippen LogP contribution >= 0.6 is 0 Å². The second kappa shape index (κ2) is 9.94. The van der Waals surface area contributed by atoms with Crippen LogP contribution in [0, 0.1) is 0 Å². The summed E-state index contributed by atoms with van der Waals surface area (Å²) >= 11 is 0. The summed E-state index contributed by atoms with van der Waals surface area (Å²) in [5.41, 5.74) is 0.368. The fourth-order valence-corrected chi connectivity index (χ4v) is 3.22. The SMILES string of the molecule is CCNS(=O)(=O)c1ccc(C(=O)OCC(=O)Nc2ccc(OC(F)F)cc2)cc1. The molecule has 2 aromatic carbocycles. The first-order valence-corrected chi connectivity index (χ1v) is 9.81. The van der Waals surface area contributed by atoms with Crippen molar-refractivity contribution in [3.63, 3.8) is 0 Å². The highest BCUT2D eigenvalue weighted by atomic mass is 32.2. The van der Waals surface area contributed by atoms with Gasteiger partial charge >= 0.3 is 12.6 Å². The van der Waals surface area contributed by atoms with Crippen LogP contribution in [-0.4, -0.2) is 40.1 Å². The average molecular weight is 428 g/mol. The predicted molar refractivity (Wildman–Crippen MR) is 99.3 cm³/mol. The predicted octanol–water partition coefficient (Wildman–Crippen LogP) is 2.38.